The van der Waals surface area contributed by atoms with Gasteiger partial charge in [-0.3, -0.25) is 4.79 Å². The van der Waals surface area contributed by atoms with Gasteiger partial charge in [-0.2, -0.15) is 17.5 Å². The van der Waals surface area contributed by atoms with Gasteiger partial charge in [0.05, 0.1) is 16.1 Å². The van der Waals surface area contributed by atoms with Gasteiger partial charge in [0.25, 0.3) is 5.91 Å². The van der Waals surface area contributed by atoms with E-state index in [-0.39, 0.29) is 21.2 Å². The van der Waals surface area contributed by atoms with Crippen molar-refractivity contribution in [3.05, 3.63) is 58.6 Å². The van der Waals surface area contributed by atoms with E-state index in [9.17, 15) is 31.2 Å². The van der Waals surface area contributed by atoms with Crippen molar-refractivity contribution < 1.29 is 35.9 Å². The zero-order valence-corrected chi connectivity index (χ0v) is 20.3. The Morgan fingerprint density at radius 3 is 2.34 bits per heavy atom. The minimum atomic E-state index is -4.58. The summed E-state index contributed by atoms with van der Waals surface area (Å²) in [5.41, 5.74) is -1.20. The minimum Gasteiger partial charge on any atom is -0.449 e. The number of ether oxygens (including phenoxy) is 1. The van der Waals surface area contributed by atoms with Crippen LogP contribution in [0.1, 0.15) is 48.5 Å². The van der Waals surface area contributed by atoms with Crippen LogP contribution in [0.4, 0.5) is 18.9 Å². The number of hydrogen-bond donors (Lipinski definition) is 1. The molecule has 0 unspecified atom stereocenters. The Morgan fingerprint density at radius 1 is 1.06 bits per heavy atom. The van der Waals surface area contributed by atoms with E-state index >= 15 is 0 Å². The quantitative estimate of drug-likeness (QED) is 0.522. The highest BCUT2D eigenvalue weighted by Crippen LogP contribution is 2.31. The van der Waals surface area contributed by atoms with Crippen LogP contribution in [0.2, 0.25) is 5.02 Å². The second kappa shape index (κ2) is 11.0. The number of rotatable bonds is 6. The molecule has 0 radical (unpaired) electrons. The third kappa shape index (κ3) is 6.74. The third-order valence-corrected chi connectivity index (χ3v) is 7.84. The number of amides is 1. The molecule has 3 rings (SSSR count). The maximum atomic E-state index is 13.1. The molecule has 1 saturated heterocycles. The molecular weight excluding hydrogens is 509 g/mol. The fourth-order valence-corrected chi connectivity index (χ4v) is 5.57. The molecule has 1 heterocycles. The van der Waals surface area contributed by atoms with Crippen LogP contribution >= 0.6 is 11.6 Å². The van der Waals surface area contributed by atoms with E-state index in [1.165, 1.54) is 29.4 Å². The van der Waals surface area contributed by atoms with E-state index in [1.807, 2.05) is 0 Å². The maximum absolute atomic E-state index is 13.1. The average molecular weight is 533 g/mol. The van der Waals surface area contributed by atoms with Crippen LogP contribution in [0.25, 0.3) is 0 Å². The van der Waals surface area contributed by atoms with Crippen molar-refractivity contribution in [1.29, 1.82) is 0 Å². The van der Waals surface area contributed by atoms with Crippen molar-refractivity contribution in [2.75, 3.05) is 18.4 Å². The topological polar surface area (TPSA) is 92.8 Å². The molecule has 12 heteroatoms. The Morgan fingerprint density at radius 2 is 1.71 bits per heavy atom. The molecule has 0 aromatic heterocycles. The van der Waals surface area contributed by atoms with Crippen molar-refractivity contribution in [2.45, 2.75) is 49.8 Å². The van der Waals surface area contributed by atoms with Gasteiger partial charge in [-0.15, -0.1) is 0 Å². The molecule has 0 saturated carbocycles. The summed E-state index contributed by atoms with van der Waals surface area (Å²) >= 11 is 6.13. The summed E-state index contributed by atoms with van der Waals surface area (Å²) in [5.74, 6) is -1.84. The van der Waals surface area contributed by atoms with Crippen LogP contribution < -0.4 is 5.32 Å². The lowest BCUT2D eigenvalue weighted by Crippen LogP contribution is -2.32. The molecule has 2 aromatic rings. The summed E-state index contributed by atoms with van der Waals surface area (Å²) in [6.45, 7) is 1.94. The molecule has 35 heavy (non-hydrogen) atoms. The number of carbonyl (C=O) groups excluding carboxylic acids is 2. The molecule has 0 bridgehead atoms. The lowest BCUT2D eigenvalue weighted by atomic mass is 10.2. The molecule has 1 aliphatic heterocycles. The highest BCUT2D eigenvalue weighted by atomic mass is 35.5. The largest absolute Gasteiger partial charge is 0.449 e. The van der Waals surface area contributed by atoms with Gasteiger partial charge in [0, 0.05) is 18.8 Å². The fraction of sp³-hybridized carbons (Fsp3) is 0.391. The van der Waals surface area contributed by atoms with Crippen molar-refractivity contribution >= 4 is 39.2 Å². The Bertz CT molecular complexity index is 1200. The van der Waals surface area contributed by atoms with Crippen LogP contribution in [0, 0.1) is 0 Å². The molecule has 0 aliphatic carbocycles. The standard InChI is InChI=1S/C23H24ClF3N2O5S/c1-15(21(30)28-18-8-6-7-17(14-18)23(25,26)27)34-22(31)16-9-10-19(24)20(13-16)35(32,33)29-11-4-2-3-5-12-29/h6-10,13-15H,2-5,11-12H2,1H3,(H,28,30)/t15-/m1/s1. The Kier molecular flexibility index (Phi) is 8.45. The Labute approximate surface area is 206 Å². The van der Waals surface area contributed by atoms with Crippen LogP contribution in [0.15, 0.2) is 47.4 Å². The van der Waals surface area contributed by atoms with Gasteiger partial charge in [-0.05, 0) is 56.2 Å². The smallest absolute Gasteiger partial charge is 0.416 e. The van der Waals surface area contributed by atoms with Crippen molar-refractivity contribution in [2.24, 2.45) is 0 Å². The van der Waals surface area contributed by atoms with Crippen LogP contribution in [-0.2, 0) is 25.7 Å². The number of hydrogen-bond acceptors (Lipinski definition) is 5. The summed E-state index contributed by atoms with van der Waals surface area (Å²) < 4.78 is 71.3. The molecule has 7 nitrogen and oxygen atoms in total. The number of halogens is 4. The molecule has 1 fully saturated rings. The summed E-state index contributed by atoms with van der Waals surface area (Å²) in [4.78, 5) is 24.7. The monoisotopic (exact) mass is 532 g/mol. The van der Waals surface area contributed by atoms with Crippen LogP contribution in [-0.4, -0.2) is 43.8 Å². The van der Waals surface area contributed by atoms with Gasteiger partial charge < -0.3 is 10.1 Å². The van der Waals surface area contributed by atoms with Gasteiger partial charge in [-0.25, -0.2) is 13.2 Å². The highest BCUT2D eigenvalue weighted by molar-refractivity contribution is 7.89. The van der Waals surface area contributed by atoms with Gasteiger partial charge >= 0.3 is 12.1 Å². The molecule has 2 aromatic carbocycles. The number of benzene rings is 2. The van der Waals surface area contributed by atoms with Gasteiger partial charge in [0.2, 0.25) is 10.0 Å². The highest BCUT2D eigenvalue weighted by Gasteiger charge is 2.31. The predicted octanol–water partition coefficient (Wildman–Crippen LogP) is 5.11. The predicted molar refractivity (Wildman–Crippen MR) is 124 cm³/mol. The van der Waals surface area contributed by atoms with Crippen molar-refractivity contribution in [3.63, 3.8) is 0 Å². The van der Waals surface area contributed by atoms with E-state index in [4.69, 9.17) is 16.3 Å². The fourth-order valence-electron chi connectivity index (χ4n) is 3.55. The van der Waals surface area contributed by atoms with E-state index in [2.05, 4.69) is 5.32 Å². The van der Waals surface area contributed by atoms with Gasteiger partial charge in [0.1, 0.15) is 4.90 Å². The lowest BCUT2D eigenvalue weighted by molar-refractivity contribution is -0.137. The number of nitrogens with zero attached hydrogens (tertiary/aromatic N) is 1. The zero-order chi connectivity index (χ0) is 25.8. The molecule has 190 valence electrons. The summed E-state index contributed by atoms with van der Waals surface area (Å²) in [6, 6.07) is 7.64. The van der Waals surface area contributed by atoms with Crippen molar-refractivity contribution in [3.8, 4) is 0 Å². The summed E-state index contributed by atoms with van der Waals surface area (Å²) in [5, 5.41) is 2.21. The second-order valence-electron chi connectivity index (χ2n) is 8.08. The first kappa shape index (κ1) is 27.0. The Balaban J connectivity index is 1.72. The SMILES string of the molecule is C[C@@H](OC(=O)c1ccc(Cl)c(S(=O)(=O)N2CCCCCC2)c1)C(=O)Nc1cccc(C(F)(F)F)c1. The Hall–Kier alpha value is -2.63. The first-order chi connectivity index (χ1) is 16.4. The molecule has 1 amide bonds. The normalized spacial score (nSPS) is 16.3. The minimum absolute atomic E-state index is 0.0545. The van der Waals surface area contributed by atoms with Gasteiger partial charge in [-0.1, -0.05) is 30.5 Å². The number of sulfonamides is 1. The summed E-state index contributed by atoms with van der Waals surface area (Å²) in [6.07, 6.45) is -2.68. The number of esters is 1. The summed E-state index contributed by atoms with van der Waals surface area (Å²) in [7, 11) is -3.95. The molecule has 1 aliphatic rings. The number of carbonyl (C=O) groups is 2. The average Bonchev–Trinajstić information content (AvgIpc) is 3.09. The van der Waals surface area contributed by atoms with E-state index in [1.54, 1.807) is 0 Å². The lowest BCUT2D eigenvalue weighted by Gasteiger charge is -2.21. The van der Waals surface area contributed by atoms with Crippen molar-refractivity contribution in [1.82, 2.24) is 4.31 Å². The number of anilines is 1. The first-order valence-corrected chi connectivity index (χ1v) is 12.7. The van der Waals surface area contributed by atoms with Crippen LogP contribution in [0.5, 0.6) is 0 Å². The van der Waals surface area contributed by atoms with Gasteiger partial charge in [0.15, 0.2) is 6.10 Å². The number of alkyl halides is 3. The van der Waals surface area contributed by atoms with Crippen LogP contribution in [0.3, 0.4) is 0 Å². The molecular formula is C23H24ClF3N2O5S. The molecule has 0 spiro atoms. The third-order valence-electron chi connectivity index (χ3n) is 5.46. The van der Waals surface area contributed by atoms with E-state index in [0.717, 1.165) is 49.9 Å². The zero-order valence-electron chi connectivity index (χ0n) is 18.8. The molecule has 1 atom stereocenters. The maximum Gasteiger partial charge on any atom is 0.416 e. The first-order valence-electron chi connectivity index (χ1n) is 10.9. The van der Waals surface area contributed by atoms with E-state index in [0.29, 0.717) is 13.1 Å². The van der Waals surface area contributed by atoms with E-state index < -0.39 is 39.7 Å². The number of nitrogens with one attached hydrogen (secondary N) is 1. The molecule has 1 N–H and O–H groups in total. The second-order valence-corrected chi connectivity index (χ2v) is 10.4.